The van der Waals surface area contributed by atoms with E-state index in [4.69, 9.17) is 4.52 Å². The fraction of sp³-hybridized carbons (Fsp3) is 0. The molecule has 4 heteroatoms. The summed E-state index contributed by atoms with van der Waals surface area (Å²) in [6, 6.07) is 0. The van der Waals surface area contributed by atoms with Crippen molar-refractivity contribution in [2.24, 2.45) is 0 Å². The van der Waals surface area contributed by atoms with Gasteiger partial charge in [-0.2, -0.15) is 5.10 Å². The minimum absolute atomic E-state index is 0.680. The third kappa shape index (κ3) is 0.500. The van der Waals surface area contributed by atoms with Crippen molar-refractivity contribution in [3.05, 3.63) is 19.0 Å². The summed E-state index contributed by atoms with van der Waals surface area (Å²) in [7, 11) is 0. The molecular formula is C6H5N3O. The van der Waals surface area contributed by atoms with Gasteiger partial charge in [-0.05, 0) is 0 Å². The van der Waals surface area contributed by atoms with E-state index in [1.54, 1.807) is 23.3 Å². The maximum atomic E-state index is 4.82. The predicted molar refractivity (Wildman–Crippen MR) is 36.2 cm³/mol. The van der Waals surface area contributed by atoms with E-state index in [1.165, 1.54) is 0 Å². The highest BCUT2D eigenvalue weighted by molar-refractivity contribution is 5.72. The molecule has 2 aromatic rings. The van der Waals surface area contributed by atoms with Gasteiger partial charge in [-0.15, -0.1) is 0 Å². The van der Waals surface area contributed by atoms with Gasteiger partial charge in [-0.25, -0.2) is 4.68 Å². The molecular weight excluding hydrogens is 130 g/mol. The van der Waals surface area contributed by atoms with Crippen LogP contribution in [-0.4, -0.2) is 14.9 Å². The number of rotatable bonds is 1. The Morgan fingerprint density at radius 2 is 2.50 bits per heavy atom. The molecule has 2 heterocycles. The molecule has 0 saturated carbocycles. The molecule has 0 radical (unpaired) electrons. The molecule has 0 fully saturated rings. The smallest absolute Gasteiger partial charge is 0.205 e. The lowest BCUT2D eigenvalue weighted by Gasteiger charge is -1.84. The molecule has 10 heavy (non-hydrogen) atoms. The Hall–Kier alpha value is -1.58. The van der Waals surface area contributed by atoms with E-state index in [9.17, 15) is 0 Å². The van der Waals surface area contributed by atoms with Crippen molar-refractivity contribution in [2.45, 2.75) is 0 Å². The van der Waals surface area contributed by atoms with Crippen LogP contribution in [0.5, 0.6) is 0 Å². The molecule has 0 unspecified atom stereocenters. The minimum atomic E-state index is 0.680. The summed E-state index contributed by atoms with van der Waals surface area (Å²) >= 11 is 0. The van der Waals surface area contributed by atoms with Crippen LogP contribution < -0.4 is 0 Å². The fourth-order valence-electron chi connectivity index (χ4n) is 0.828. The standard InChI is InChI=1S/C6H5N3O/c1-2-9-5-3-8-10-6(5)4-7-9/h2-4H,1H2. The van der Waals surface area contributed by atoms with Crippen LogP contribution in [0.1, 0.15) is 0 Å². The molecule has 0 bridgehead atoms. The van der Waals surface area contributed by atoms with Crippen LogP contribution in [0, 0.1) is 0 Å². The van der Waals surface area contributed by atoms with E-state index < -0.39 is 0 Å². The summed E-state index contributed by atoms with van der Waals surface area (Å²) in [5.74, 6) is 0. The number of hydrogen-bond acceptors (Lipinski definition) is 3. The van der Waals surface area contributed by atoms with E-state index in [1.807, 2.05) is 0 Å². The van der Waals surface area contributed by atoms with Crippen LogP contribution in [0.3, 0.4) is 0 Å². The molecule has 0 aliphatic rings. The molecule has 2 rings (SSSR count). The molecule has 0 aliphatic carbocycles. The van der Waals surface area contributed by atoms with Crippen LogP contribution in [0.2, 0.25) is 0 Å². The Labute approximate surface area is 56.7 Å². The van der Waals surface area contributed by atoms with Crippen LogP contribution >= 0.6 is 0 Å². The zero-order valence-corrected chi connectivity index (χ0v) is 5.19. The average Bonchev–Trinajstić information content (AvgIpc) is 2.44. The van der Waals surface area contributed by atoms with Crippen molar-refractivity contribution in [3.63, 3.8) is 0 Å². The zero-order chi connectivity index (χ0) is 6.97. The van der Waals surface area contributed by atoms with Crippen molar-refractivity contribution in [1.82, 2.24) is 14.9 Å². The topological polar surface area (TPSA) is 43.9 Å². The maximum absolute atomic E-state index is 4.82. The summed E-state index contributed by atoms with van der Waals surface area (Å²) in [5.41, 5.74) is 1.52. The minimum Gasteiger partial charge on any atom is -0.353 e. The molecule has 0 amide bonds. The highest BCUT2D eigenvalue weighted by Crippen LogP contribution is 2.10. The molecule has 0 saturated heterocycles. The van der Waals surface area contributed by atoms with E-state index in [0.29, 0.717) is 5.58 Å². The summed E-state index contributed by atoms with van der Waals surface area (Å²) in [4.78, 5) is 0. The quantitative estimate of drug-likeness (QED) is 0.588. The van der Waals surface area contributed by atoms with Gasteiger partial charge in [-0.3, -0.25) is 0 Å². The Balaban J connectivity index is 2.88. The van der Waals surface area contributed by atoms with Crippen molar-refractivity contribution < 1.29 is 4.52 Å². The Morgan fingerprint density at radius 3 is 3.30 bits per heavy atom. The third-order valence-corrected chi connectivity index (χ3v) is 1.30. The summed E-state index contributed by atoms with van der Waals surface area (Å²) in [6.07, 6.45) is 4.80. The van der Waals surface area contributed by atoms with Crippen LogP contribution in [0.15, 0.2) is 23.5 Å². The van der Waals surface area contributed by atoms with Crippen LogP contribution in [0.25, 0.3) is 17.3 Å². The molecule has 2 aromatic heterocycles. The van der Waals surface area contributed by atoms with Gasteiger partial charge in [0.1, 0.15) is 5.52 Å². The molecule has 0 spiro atoms. The fourth-order valence-corrected chi connectivity index (χ4v) is 0.828. The van der Waals surface area contributed by atoms with Crippen LogP contribution in [0.4, 0.5) is 0 Å². The first-order valence-corrected chi connectivity index (χ1v) is 2.82. The van der Waals surface area contributed by atoms with E-state index in [2.05, 4.69) is 16.8 Å². The molecule has 0 aromatic carbocycles. The SMILES string of the molecule is C=Cn1ncc2oncc21. The monoisotopic (exact) mass is 135 g/mol. The Kier molecular flexibility index (Phi) is 0.887. The maximum Gasteiger partial charge on any atom is 0.205 e. The predicted octanol–water partition coefficient (Wildman–Crippen LogP) is 1.12. The Morgan fingerprint density at radius 1 is 1.60 bits per heavy atom. The lowest BCUT2D eigenvalue weighted by molar-refractivity contribution is 0.456. The molecule has 50 valence electrons. The van der Waals surface area contributed by atoms with Gasteiger partial charge >= 0.3 is 0 Å². The van der Waals surface area contributed by atoms with E-state index in [-0.39, 0.29) is 0 Å². The molecule has 0 N–H and O–H groups in total. The molecule has 0 aliphatic heterocycles. The Bertz CT molecular complexity index is 360. The second kappa shape index (κ2) is 1.70. The molecule has 4 nitrogen and oxygen atoms in total. The first-order chi connectivity index (χ1) is 4.92. The normalized spacial score (nSPS) is 10.4. The van der Waals surface area contributed by atoms with Crippen molar-refractivity contribution in [2.75, 3.05) is 0 Å². The first-order valence-electron chi connectivity index (χ1n) is 2.82. The van der Waals surface area contributed by atoms with Crippen LogP contribution in [-0.2, 0) is 0 Å². The van der Waals surface area contributed by atoms with E-state index >= 15 is 0 Å². The van der Waals surface area contributed by atoms with Gasteiger partial charge in [0, 0.05) is 6.20 Å². The average molecular weight is 135 g/mol. The second-order valence-corrected chi connectivity index (χ2v) is 1.85. The first kappa shape index (κ1) is 5.22. The number of aromatic nitrogens is 3. The van der Waals surface area contributed by atoms with Gasteiger partial charge in [0.05, 0.1) is 12.4 Å². The highest BCUT2D eigenvalue weighted by Gasteiger charge is 2.01. The number of hydrogen-bond donors (Lipinski definition) is 0. The third-order valence-electron chi connectivity index (χ3n) is 1.30. The van der Waals surface area contributed by atoms with Gasteiger partial charge in [0.15, 0.2) is 0 Å². The van der Waals surface area contributed by atoms with Gasteiger partial charge in [0.25, 0.3) is 0 Å². The van der Waals surface area contributed by atoms with Gasteiger partial charge in [-0.1, -0.05) is 11.7 Å². The highest BCUT2D eigenvalue weighted by atomic mass is 16.5. The largest absolute Gasteiger partial charge is 0.353 e. The lowest BCUT2D eigenvalue weighted by Crippen LogP contribution is -1.84. The summed E-state index contributed by atoms with van der Waals surface area (Å²) in [6.45, 7) is 3.56. The van der Waals surface area contributed by atoms with Crippen molar-refractivity contribution in [3.8, 4) is 0 Å². The van der Waals surface area contributed by atoms with Gasteiger partial charge in [0.2, 0.25) is 5.58 Å². The zero-order valence-electron chi connectivity index (χ0n) is 5.19. The van der Waals surface area contributed by atoms with Gasteiger partial charge < -0.3 is 4.52 Å². The second-order valence-electron chi connectivity index (χ2n) is 1.85. The lowest BCUT2D eigenvalue weighted by atomic mass is 10.5. The van der Waals surface area contributed by atoms with Crippen molar-refractivity contribution in [1.29, 1.82) is 0 Å². The van der Waals surface area contributed by atoms with E-state index in [0.717, 1.165) is 5.52 Å². The number of fused-ring (bicyclic) bond motifs is 1. The molecule has 0 atom stereocenters. The number of nitrogens with zero attached hydrogens (tertiary/aromatic N) is 3. The van der Waals surface area contributed by atoms with Crippen molar-refractivity contribution >= 4 is 17.3 Å². The summed E-state index contributed by atoms with van der Waals surface area (Å²) < 4.78 is 6.42. The summed E-state index contributed by atoms with van der Waals surface area (Å²) in [5, 5.41) is 7.52.